The topological polar surface area (TPSA) is 52.7 Å². The van der Waals surface area contributed by atoms with Gasteiger partial charge in [-0.25, -0.2) is 13.2 Å². The Kier molecular flexibility index (Phi) is 5.78. The van der Waals surface area contributed by atoms with Crippen molar-refractivity contribution in [3.8, 4) is 17.0 Å². The highest BCUT2D eigenvalue weighted by Gasteiger charge is 2.23. The fourth-order valence-electron chi connectivity index (χ4n) is 4.27. The Labute approximate surface area is 188 Å². The summed E-state index contributed by atoms with van der Waals surface area (Å²) in [6.07, 6.45) is 0. The Morgan fingerprint density at radius 2 is 1.48 bits per heavy atom. The molecule has 1 N–H and O–H groups in total. The molecule has 5 rings (SSSR count). The molecule has 33 heavy (non-hydrogen) atoms. The van der Waals surface area contributed by atoms with Crippen LogP contribution in [0.5, 0.6) is 5.75 Å². The fourth-order valence-corrected chi connectivity index (χ4v) is 4.27. The molecule has 2 heterocycles. The summed E-state index contributed by atoms with van der Waals surface area (Å²) >= 11 is 0. The van der Waals surface area contributed by atoms with Gasteiger partial charge in [-0.05, 0) is 29.8 Å². The summed E-state index contributed by atoms with van der Waals surface area (Å²) in [4.78, 5) is 4.60. The summed E-state index contributed by atoms with van der Waals surface area (Å²) in [5.74, 6) is -4.06. The van der Waals surface area contributed by atoms with Gasteiger partial charge in [-0.15, -0.1) is 0 Å². The van der Waals surface area contributed by atoms with E-state index in [1.807, 2.05) is 18.2 Å². The minimum Gasteiger partial charge on any atom is -0.507 e. The van der Waals surface area contributed by atoms with Crippen LogP contribution < -0.4 is 0 Å². The van der Waals surface area contributed by atoms with Gasteiger partial charge in [0.05, 0.1) is 10.9 Å². The van der Waals surface area contributed by atoms with Crippen LogP contribution >= 0.6 is 0 Å². The van der Waals surface area contributed by atoms with E-state index >= 15 is 0 Å². The van der Waals surface area contributed by atoms with Gasteiger partial charge < -0.3 is 9.63 Å². The van der Waals surface area contributed by atoms with E-state index < -0.39 is 17.5 Å². The number of halogens is 3. The molecule has 1 aliphatic heterocycles. The number of benzene rings is 3. The van der Waals surface area contributed by atoms with Crippen molar-refractivity contribution in [2.45, 2.75) is 13.1 Å². The molecule has 3 aromatic carbocycles. The molecule has 8 heteroatoms. The zero-order chi connectivity index (χ0) is 22.9. The Bertz CT molecular complexity index is 1260. The molecule has 1 aliphatic rings. The van der Waals surface area contributed by atoms with E-state index in [-0.39, 0.29) is 17.0 Å². The molecule has 0 atom stereocenters. The van der Waals surface area contributed by atoms with Crippen LogP contribution in [0.3, 0.4) is 0 Å². The van der Waals surface area contributed by atoms with Gasteiger partial charge in [0, 0.05) is 44.8 Å². The predicted molar refractivity (Wildman–Crippen MR) is 118 cm³/mol. The number of nitrogens with zero attached hydrogens (tertiary/aromatic N) is 3. The number of hydrogen-bond acceptors (Lipinski definition) is 5. The molecule has 0 bridgehead atoms. The summed E-state index contributed by atoms with van der Waals surface area (Å²) in [5, 5.41) is 15.0. The van der Waals surface area contributed by atoms with Gasteiger partial charge in [0.25, 0.3) is 0 Å². The first kappa shape index (κ1) is 21.5. The van der Waals surface area contributed by atoms with E-state index in [0.717, 1.165) is 44.9 Å². The number of phenolic OH excluding ortho intramolecular Hbond substituents is 1. The number of fused-ring (bicyclic) bond motifs is 1. The number of piperazine rings is 1. The van der Waals surface area contributed by atoms with E-state index in [0.29, 0.717) is 23.1 Å². The molecule has 0 spiro atoms. The summed E-state index contributed by atoms with van der Waals surface area (Å²) in [7, 11) is 0. The lowest BCUT2D eigenvalue weighted by Gasteiger charge is -2.34. The van der Waals surface area contributed by atoms with Gasteiger partial charge in [0.1, 0.15) is 11.4 Å². The van der Waals surface area contributed by atoms with Crippen LogP contribution in [0, 0.1) is 17.5 Å². The van der Waals surface area contributed by atoms with Crippen LogP contribution in [0.2, 0.25) is 0 Å². The molecule has 1 fully saturated rings. The highest BCUT2D eigenvalue weighted by atomic mass is 19.2. The zero-order valence-corrected chi connectivity index (χ0v) is 17.8. The van der Waals surface area contributed by atoms with Crippen LogP contribution in [0.25, 0.3) is 22.2 Å². The first-order valence-corrected chi connectivity index (χ1v) is 10.7. The van der Waals surface area contributed by atoms with Gasteiger partial charge >= 0.3 is 0 Å². The lowest BCUT2D eigenvalue weighted by Crippen LogP contribution is -2.45. The van der Waals surface area contributed by atoms with Gasteiger partial charge in [-0.1, -0.05) is 35.5 Å². The van der Waals surface area contributed by atoms with Crippen molar-refractivity contribution in [3.63, 3.8) is 0 Å². The maximum atomic E-state index is 13.7. The normalized spacial score (nSPS) is 15.4. The SMILES string of the molecule is Oc1ccc2c(-c3cc(F)c(F)c(F)c3)noc2c1CN1CCN(Cc2ccccc2)CC1. The van der Waals surface area contributed by atoms with Crippen molar-refractivity contribution in [1.82, 2.24) is 15.0 Å². The molecule has 0 radical (unpaired) electrons. The van der Waals surface area contributed by atoms with Crippen molar-refractivity contribution in [3.05, 3.63) is 83.2 Å². The average Bonchev–Trinajstić information content (AvgIpc) is 3.25. The largest absolute Gasteiger partial charge is 0.507 e. The smallest absolute Gasteiger partial charge is 0.194 e. The highest BCUT2D eigenvalue weighted by Crippen LogP contribution is 2.35. The first-order valence-electron chi connectivity index (χ1n) is 10.7. The monoisotopic (exact) mass is 453 g/mol. The van der Waals surface area contributed by atoms with Crippen molar-refractivity contribution in [2.24, 2.45) is 0 Å². The van der Waals surface area contributed by atoms with Crippen LogP contribution in [0.1, 0.15) is 11.1 Å². The molecule has 4 aromatic rings. The Hall–Kier alpha value is -3.36. The molecule has 0 saturated carbocycles. The van der Waals surface area contributed by atoms with Gasteiger partial charge in [0.15, 0.2) is 23.0 Å². The summed E-state index contributed by atoms with van der Waals surface area (Å²) in [6.45, 7) is 4.76. The molecular formula is C25H22F3N3O2. The molecule has 0 amide bonds. The van der Waals surface area contributed by atoms with Crippen LogP contribution in [-0.4, -0.2) is 46.2 Å². The van der Waals surface area contributed by atoms with Crippen molar-refractivity contribution in [1.29, 1.82) is 0 Å². The minimum atomic E-state index is -1.53. The van der Waals surface area contributed by atoms with Gasteiger partial charge in [-0.2, -0.15) is 0 Å². The number of rotatable bonds is 5. The lowest BCUT2D eigenvalue weighted by atomic mass is 10.0. The number of aromatic nitrogens is 1. The molecule has 1 saturated heterocycles. The van der Waals surface area contributed by atoms with E-state index in [1.54, 1.807) is 6.07 Å². The third kappa shape index (κ3) is 4.31. The van der Waals surface area contributed by atoms with Crippen molar-refractivity contribution < 1.29 is 22.8 Å². The minimum absolute atomic E-state index is 0.0633. The molecule has 170 valence electrons. The van der Waals surface area contributed by atoms with E-state index in [2.05, 4.69) is 27.1 Å². The zero-order valence-electron chi connectivity index (χ0n) is 17.8. The average molecular weight is 453 g/mol. The van der Waals surface area contributed by atoms with Crippen LogP contribution in [-0.2, 0) is 13.1 Å². The summed E-state index contributed by atoms with van der Waals surface area (Å²) in [5.41, 5.74) is 2.44. The van der Waals surface area contributed by atoms with Crippen molar-refractivity contribution in [2.75, 3.05) is 26.2 Å². The first-order chi connectivity index (χ1) is 16.0. The van der Waals surface area contributed by atoms with E-state index in [1.165, 1.54) is 11.6 Å². The van der Waals surface area contributed by atoms with Crippen LogP contribution in [0.15, 0.2) is 59.1 Å². The standard InChI is InChI=1S/C25H22F3N3O2/c26-20-12-17(13-21(27)23(20)28)24-18-6-7-22(32)19(25(18)33-29-24)15-31-10-8-30(9-11-31)14-16-4-2-1-3-5-16/h1-7,12-13,32H,8-11,14-15H2. The van der Waals surface area contributed by atoms with E-state index in [9.17, 15) is 18.3 Å². The second-order valence-electron chi connectivity index (χ2n) is 8.26. The molecule has 0 unspecified atom stereocenters. The lowest BCUT2D eigenvalue weighted by molar-refractivity contribution is 0.121. The summed E-state index contributed by atoms with van der Waals surface area (Å²) in [6, 6.07) is 15.2. The number of phenols is 1. The second-order valence-corrected chi connectivity index (χ2v) is 8.26. The van der Waals surface area contributed by atoms with Gasteiger partial charge in [-0.3, -0.25) is 9.80 Å². The van der Waals surface area contributed by atoms with Crippen LogP contribution in [0.4, 0.5) is 13.2 Å². The summed E-state index contributed by atoms with van der Waals surface area (Å²) < 4.78 is 46.3. The second kappa shape index (κ2) is 8.88. The molecular weight excluding hydrogens is 431 g/mol. The Morgan fingerprint density at radius 1 is 0.848 bits per heavy atom. The number of hydrogen-bond donors (Lipinski definition) is 1. The van der Waals surface area contributed by atoms with Gasteiger partial charge in [0.2, 0.25) is 0 Å². The number of aromatic hydroxyl groups is 1. The maximum Gasteiger partial charge on any atom is 0.194 e. The highest BCUT2D eigenvalue weighted by molar-refractivity contribution is 5.94. The van der Waals surface area contributed by atoms with E-state index in [4.69, 9.17) is 4.52 Å². The maximum absolute atomic E-state index is 13.7. The Balaban J connectivity index is 1.35. The molecule has 1 aromatic heterocycles. The fraction of sp³-hybridized carbons (Fsp3) is 0.240. The Morgan fingerprint density at radius 3 is 2.15 bits per heavy atom. The third-order valence-electron chi connectivity index (χ3n) is 6.07. The molecule has 0 aliphatic carbocycles. The van der Waals surface area contributed by atoms with Crippen molar-refractivity contribution >= 4 is 11.0 Å². The third-order valence-corrected chi connectivity index (χ3v) is 6.07. The molecule has 5 nitrogen and oxygen atoms in total. The predicted octanol–water partition coefficient (Wildman–Crippen LogP) is 4.94. The quantitative estimate of drug-likeness (QED) is 0.434.